The zero-order valence-electron chi connectivity index (χ0n) is 12.8. The van der Waals surface area contributed by atoms with Crippen LogP contribution in [-0.2, 0) is 10.3 Å². The summed E-state index contributed by atoms with van der Waals surface area (Å²) in [6.07, 6.45) is 0. The molecule has 0 aliphatic rings. The van der Waals surface area contributed by atoms with E-state index in [4.69, 9.17) is 27.4 Å². The zero-order chi connectivity index (χ0) is 17.9. The maximum Gasteiger partial charge on any atom is 0.384 e. The van der Waals surface area contributed by atoms with Crippen molar-refractivity contribution in [1.29, 1.82) is 0 Å². The van der Waals surface area contributed by atoms with Crippen LogP contribution >= 0.6 is 23.2 Å². The van der Waals surface area contributed by atoms with Gasteiger partial charge in [0.25, 0.3) is 5.91 Å². The van der Waals surface area contributed by atoms with E-state index in [1.807, 2.05) is 0 Å². The van der Waals surface area contributed by atoms with E-state index < -0.39 is 16.2 Å². The normalized spacial score (nSPS) is 11.4. The second-order valence-corrected chi connectivity index (χ2v) is 7.49. The van der Waals surface area contributed by atoms with Gasteiger partial charge in [0.1, 0.15) is 0 Å². The maximum atomic E-state index is 12.5. The lowest BCUT2D eigenvalue weighted by molar-refractivity contribution is 0.102. The summed E-state index contributed by atoms with van der Waals surface area (Å²) in [5.41, 5.74) is 0.394. The van der Waals surface area contributed by atoms with Gasteiger partial charge in [0.2, 0.25) is 0 Å². The van der Waals surface area contributed by atoms with Crippen molar-refractivity contribution in [3.8, 4) is 5.75 Å². The Hall–Kier alpha value is -1.80. The van der Waals surface area contributed by atoms with E-state index in [0.29, 0.717) is 10.7 Å². The first-order chi connectivity index (χ1) is 11.2. The third-order valence-electron chi connectivity index (χ3n) is 2.95. The molecule has 0 fully saturated rings. The minimum Gasteiger partial charge on any atom is -0.370 e. The number of anilines is 1. The fourth-order valence-corrected chi connectivity index (χ4v) is 2.55. The highest BCUT2D eigenvalue weighted by atomic mass is 35.5. The fourth-order valence-electron chi connectivity index (χ4n) is 1.69. The highest BCUT2D eigenvalue weighted by molar-refractivity contribution is 7.84. The van der Waals surface area contributed by atoms with Gasteiger partial charge in [-0.05, 0) is 24.3 Å². The number of rotatable bonds is 5. The van der Waals surface area contributed by atoms with Crippen molar-refractivity contribution < 1.29 is 17.4 Å². The number of para-hydroxylation sites is 1. The molecular formula is C15H14Cl2N2O4S. The third-order valence-corrected chi connectivity index (χ3v) is 4.80. The number of nitrogens with one attached hydrogen (secondary N) is 1. The van der Waals surface area contributed by atoms with Crippen LogP contribution in [0.15, 0.2) is 42.5 Å². The Balaban J connectivity index is 2.36. The van der Waals surface area contributed by atoms with Crippen molar-refractivity contribution in [2.75, 3.05) is 19.4 Å². The molecule has 2 rings (SSSR count). The number of benzene rings is 2. The maximum absolute atomic E-state index is 12.5. The summed E-state index contributed by atoms with van der Waals surface area (Å²) in [4.78, 5) is 12.5. The van der Waals surface area contributed by atoms with E-state index >= 15 is 0 Å². The minimum absolute atomic E-state index is 0.00439. The molecule has 0 atom stereocenters. The molecule has 0 radical (unpaired) electrons. The second-order valence-electron chi connectivity index (χ2n) is 4.90. The molecule has 0 aliphatic heterocycles. The van der Waals surface area contributed by atoms with E-state index in [-0.39, 0.29) is 16.3 Å². The molecular weight excluding hydrogens is 375 g/mol. The summed E-state index contributed by atoms with van der Waals surface area (Å²) in [6, 6.07) is 10.7. The fraction of sp³-hybridized carbons (Fsp3) is 0.133. The summed E-state index contributed by atoms with van der Waals surface area (Å²) in [6.45, 7) is 0. The number of hydrogen-bond acceptors (Lipinski definition) is 4. The Bertz CT molecular complexity index is 870. The monoisotopic (exact) mass is 388 g/mol. The van der Waals surface area contributed by atoms with Crippen molar-refractivity contribution in [3.05, 3.63) is 58.1 Å². The Morgan fingerprint density at radius 3 is 2.42 bits per heavy atom. The molecule has 128 valence electrons. The molecule has 2 aromatic rings. The first-order valence-corrected chi connectivity index (χ1v) is 8.80. The van der Waals surface area contributed by atoms with Crippen molar-refractivity contribution in [2.45, 2.75) is 0 Å². The highest BCUT2D eigenvalue weighted by Crippen LogP contribution is 2.27. The van der Waals surface area contributed by atoms with Gasteiger partial charge in [0.05, 0.1) is 16.3 Å². The Morgan fingerprint density at radius 1 is 1.12 bits per heavy atom. The average Bonchev–Trinajstić information content (AvgIpc) is 2.49. The average molecular weight is 389 g/mol. The summed E-state index contributed by atoms with van der Waals surface area (Å²) in [5.74, 6) is -0.760. The number of halogens is 2. The Kier molecular flexibility index (Phi) is 5.71. The van der Waals surface area contributed by atoms with Crippen LogP contribution in [0.1, 0.15) is 10.4 Å². The molecule has 0 saturated heterocycles. The van der Waals surface area contributed by atoms with Crippen LogP contribution in [0.2, 0.25) is 10.0 Å². The van der Waals surface area contributed by atoms with Gasteiger partial charge >= 0.3 is 10.3 Å². The van der Waals surface area contributed by atoms with Gasteiger partial charge in [-0.1, -0.05) is 35.3 Å². The smallest absolute Gasteiger partial charge is 0.370 e. The number of amides is 1. The number of carbonyl (C=O) groups is 1. The van der Waals surface area contributed by atoms with E-state index in [1.54, 1.807) is 24.3 Å². The predicted octanol–water partition coefficient (Wildman–Crippen LogP) is 3.43. The predicted molar refractivity (Wildman–Crippen MR) is 94.1 cm³/mol. The molecule has 0 bridgehead atoms. The van der Waals surface area contributed by atoms with Crippen molar-refractivity contribution in [1.82, 2.24) is 4.31 Å². The van der Waals surface area contributed by atoms with Crippen LogP contribution < -0.4 is 9.50 Å². The van der Waals surface area contributed by atoms with Gasteiger partial charge in [-0.15, -0.1) is 0 Å². The lowest BCUT2D eigenvalue weighted by Gasteiger charge is -2.15. The Morgan fingerprint density at radius 2 is 1.79 bits per heavy atom. The quantitative estimate of drug-likeness (QED) is 0.850. The summed E-state index contributed by atoms with van der Waals surface area (Å²) in [7, 11) is -1.42. The zero-order valence-corrected chi connectivity index (χ0v) is 15.1. The van der Waals surface area contributed by atoms with E-state index in [2.05, 4.69) is 5.32 Å². The molecule has 2 aromatic carbocycles. The van der Waals surface area contributed by atoms with Crippen molar-refractivity contribution >= 4 is 45.1 Å². The third kappa shape index (κ3) is 4.39. The van der Waals surface area contributed by atoms with Crippen LogP contribution in [-0.4, -0.2) is 32.7 Å². The molecule has 9 heteroatoms. The summed E-state index contributed by atoms with van der Waals surface area (Å²) >= 11 is 11.9. The number of nitrogens with zero attached hydrogens (tertiary/aromatic N) is 1. The lowest BCUT2D eigenvalue weighted by Crippen LogP contribution is -2.28. The molecule has 0 heterocycles. The van der Waals surface area contributed by atoms with Gasteiger partial charge in [0, 0.05) is 25.2 Å². The Labute approximate surface area is 150 Å². The number of hydrogen-bond donors (Lipinski definition) is 1. The van der Waals surface area contributed by atoms with Crippen LogP contribution in [0, 0.1) is 0 Å². The molecule has 0 spiro atoms. The SMILES string of the molecule is CN(C)S(=O)(=O)Oc1cc(Cl)ccc1C(=O)Nc1ccccc1Cl. The van der Waals surface area contributed by atoms with Gasteiger partial charge in [-0.2, -0.15) is 12.7 Å². The van der Waals surface area contributed by atoms with Crippen molar-refractivity contribution in [3.63, 3.8) is 0 Å². The van der Waals surface area contributed by atoms with Crippen LogP contribution in [0.5, 0.6) is 5.75 Å². The van der Waals surface area contributed by atoms with Gasteiger partial charge < -0.3 is 9.50 Å². The summed E-state index contributed by atoms with van der Waals surface area (Å²) in [5, 5.41) is 3.18. The topological polar surface area (TPSA) is 75.7 Å². The van der Waals surface area contributed by atoms with Crippen LogP contribution in [0.25, 0.3) is 0 Å². The number of carbonyl (C=O) groups excluding carboxylic acids is 1. The first-order valence-electron chi connectivity index (χ1n) is 6.68. The molecule has 0 unspecified atom stereocenters. The van der Waals surface area contributed by atoms with Gasteiger partial charge in [-0.25, -0.2) is 0 Å². The largest absolute Gasteiger partial charge is 0.384 e. The van der Waals surface area contributed by atoms with E-state index in [9.17, 15) is 13.2 Å². The second kappa shape index (κ2) is 7.40. The van der Waals surface area contributed by atoms with Gasteiger partial charge in [0.15, 0.2) is 5.75 Å². The van der Waals surface area contributed by atoms with Gasteiger partial charge in [-0.3, -0.25) is 4.79 Å². The van der Waals surface area contributed by atoms with E-state index in [1.165, 1.54) is 32.3 Å². The molecule has 6 nitrogen and oxygen atoms in total. The molecule has 0 saturated carbocycles. The van der Waals surface area contributed by atoms with E-state index in [0.717, 1.165) is 4.31 Å². The van der Waals surface area contributed by atoms with Crippen LogP contribution in [0.4, 0.5) is 5.69 Å². The highest BCUT2D eigenvalue weighted by Gasteiger charge is 2.22. The molecule has 24 heavy (non-hydrogen) atoms. The molecule has 0 aromatic heterocycles. The van der Waals surface area contributed by atoms with Crippen molar-refractivity contribution in [2.24, 2.45) is 0 Å². The lowest BCUT2D eigenvalue weighted by atomic mass is 10.2. The molecule has 1 N–H and O–H groups in total. The minimum atomic E-state index is -4.04. The molecule has 1 amide bonds. The molecule has 0 aliphatic carbocycles. The standard InChI is InChI=1S/C15H14Cl2N2O4S/c1-19(2)24(21,22)23-14-9-10(16)7-8-11(14)15(20)18-13-6-4-3-5-12(13)17/h3-9H,1-2H3,(H,18,20). The summed E-state index contributed by atoms with van der Waals surface area (Å²) < 4.78 is 29.7. The van der Waals surface area contributed by atoms with Crippen LogP contribution in [0.3, 0.4) is 0 Å². The first kappa shape index (κ1) is 18.5.